The van der Waals surface area contributed by atoms with Crippen molar-refractivity contribution >= 4 is 11.0 Å². The molecule has 2 saturated heterocycles. The maximum absolute atomic E-state index is 13.9. The van der Waals surface area contributed by atoms with E-state index in [0.717, 1.165) is 41.8 Å². The van der Waals surface area contributed by atoms with E-state index in [4.69, 9.17) is 0 Å². The van der Waals surface area contributed by atoms with E-state index in [1.807, 2.05) is 28.8 Å². The molecule has 36 heavy (non-hydrogen) atoms. The van der Waals surface area contributed by atoms with Gasteiger partial charge in [-0.05, 0) is 68.9 Å². The highest BCUT2D eigenvalue weighted by atomic mass is 16.1. The van der Waals surface area contributed by atoms with E-state index in [1.54, 1.807) is 0 Å². The fraction of sp³-hybridized carbons (Fsp3) is 0.643. The molecule has 6 atom stereocenters. The van der Waals surface area contributed by atoms with Crippen molar-refractivity contribution < 1.29 is 0 Å². The molecule has 2 N–H and O–H groups in total. The molecular formula is C28H36N6O2. The van der Waals surface area contributed by atoms with Crippen molar-refractivity contribution in [3.05, 3.63) is 45.1 Å². The number of hydrogen-bond donors (Lipinski definition) is 2. The number of benzene rings is 1. The lowest BCUT2D eigenvalue weighted by Crippen LogP contribution is -2.58. The summed E-state index contributed by atoms with van der Waals surface area (Å²) in [6.45, 7) is 0. The molecule has 3 aromatic rings. The minimum atomic E-state index is -0.429. The van der Waals surface area contributed by atoms with E-state index in [0.29, 0.717) is 12.1 Å². The van der Waals surface area contributed by atoms with Gasteiger partial charge in [0.25, 0.3) is 5.56 Å². The second-order valence-corrected chi connectivity index (χ2v) is 11.8. The van der Waals surface area contributed by atoms with Crippen LogP contribution in [-0.2, 0) is 0 Å². The summed E-state index contributed by atoms with van der Waals surface area (Å²) < 4.78 is 1.98. The lowest BCUT2D eigenvalue weighted by Gasteiger charge is -2.54. The zero-order chi connectivity index (χ0) is 24.2. The van der Waals surface area contributed by atoms with Gasteiger partial charge in [0.15, 0.2) is 11.5 Å². The molecule has 0 radical (unpaired) electrons. The lowest BCUT2D eigenvalue weighted by atomic mass is 9.73. The Morgan fingerprint density at radius 1 is 0.778 bits per heavy atom. The van der Waals surface area contributed by atoms with Crippen LogP contribution in [0.1, 0.15) is 83.1 Å². The van der Waals surface area contributed by atoms with E-state index in [-0.39, 0.29) is 23.1 Å². The SMILES string of the molecule is O=c1[nH]nc(-c2nc3ccccc3n([C@@H]3C[C@H]4CCC[C@@H](C3)N4[C@@H]3C[C@@H]4CCCC[C@@H](C4)C3)c2=O)[nH]1. The Kier molecular flexibility index (Phi) is 5.60. The van der Waals surface area contributed by atoms with Gasteiger partial charge < -0.3 is 4.57 Å². The largest absolute Gasteiger partial charge is 0.340 e. The number of rotatable bonds is 3. The van der Waals surface area contributed by atoms with Crippen molar-refractivity contribution in [3.8, 4) is 11.5 Å². The molecular weight excluding hydrogens is 452 g/mol. The summed E-state index contributed by atoms with van der Waals surface area (Å²) in [5, 5.41) is 6.41. The van der Waals surface area contributed by atoms with Crippen LogP contribution < -0.4 is 11.2 Å². The molecule has 190 valence electrons. The Morgan fingerprint density at radius 3 is 2.19 bits per heavy atom. The first-order valence-electron chi connectivity index (χ1n) is 14.1. The number of nitrogens with one attached hydrogen (secondary N) is 2. The number of fused-ring (bicyclic) bond motifs is 5. The predicted octanol–water partition coefficient (Wildman–Crippen LogP) is 4.39. The number of hydrogen-bond acceptors (Lipinski definition) is 5. The van der Waals surface area contributed by atoms with Crippen molar-refractivity contribution in [1.82, 2.24) is 29.6 Å². The Bertz CT molecular complexity index is 1350. The van der Waals surface area contributed by atoms with Crippen LogP contribution in [0.2, 0.25) is 0 Å². The van der Waals surface area contributed by atoms with Crippen molar-refractivity contribution in [2.24, 2.45) is 11.8 Å². The zero-order valence-corrected chi connectivity index (χ0v) is 20.9. The quantitative estimate of drug-likeness (QED) is 0.570. The average molecular weight is 489 g/mol. The first-order chi connectivity index (χ1) is 17.6. The van der Waals surface area contributed by atoms with E-state index in [1.165, 1.54) is 64.2 Å². The summed E-state index contributed by atoms with van der Waals surface area (Å²) in [7, 11) is 0. The van der Waals surface area contributed by atoms with Crippen molar-refractivity contribution in [2.75, 3.05) is 0 Å². The van der Waals surface area contributed by atoms with Gasteiger partial charge in [-0.3, -0.25) is 14.7 Å². The molecule has 2 aliphatic carbocycles. The molecule has 0 amide bonds. The van der Waals surface area contributed by atoms with Crippen LogP contribution in [0.15, 0.2) is 33.9 Å². The highest BCUT2D eigenvalue weighted by molar-refractivity contribution is 5.77. The molecule has 7 rings (SSSR count). The first kappa shape index (κ1) is 22.5. The van der Waals surface area contributed by atoms with Crippen LogP contribution in [0.5, 0.6) is 0 Å². The highest BCUT2D eigenvalue weighted by Crippen LogP contribution is 2.47. The van der Waals surface area contributed by atoms with Crippen LogP contribution in [0.4, 0.5) is 0 Å². The molecule has 4 heterocycles. The summed E-state index contributed by atoms with van der Waals surface area (Å²) in [4.78, 5) is 35.8. The summed E-state index contributed by atoms with van der Waals surface area (Å²) in [6.07, 6.45) is 15.7. The van der Waals surface area contributed by atoms with Gasteiger partial charge in [-0.15, -0.1) is 0 Å². The second kappa shape index (κ2) is 8.98. The number of piperidine rings is 2. The molecule has 8 nitrogen and oxygen atoms in total. The fourth-order valence-electron chi connectivity index (χ4n) is 8.36. The van der Waals surface area contributed by atoms with E-state index in [9.17, 15) is 9.59 Å². The Hall–Kier alpha value is -2.74. The van der Waals surface area contributed by atoms with Crippen LogP contribution in [-0.4, -0.2) is 47.8 Å². The normalized spacial score (nSPS) is 32.9. The number of aromatic amines is 2. The molecule has 0 spiro atoms. The summed E-state index contributed by atoms with van der Waals surface area (Å²) in [5.74, 6) is 2.05. The van der Waals surface area contributed by atoms with Crippen LogP contribution in [0.3, 0.4) is 0 Å². The van der Waals surface area contributed by atoms with E-state index < -0.39 is 5.69 Å². The van der Waals surface area contributed by atoms with Gasteiger partial charge >= 0.3 is 5.69 Å². The molecule has 4 fully saturated rings. The standard InChI is InChI=1S/C28H36N6O2/c35-27-25(26-30-28(36)32-31-26)29-23-10-3-4-11-24(23)34(27)22-15-19-8-5-9-20(16-22)33(19)21-13-17-6-1-2-7-18(12-17)14-21/h3-4,10-11,17-22H,1-2,5-9,12-16H2,(H2,30,31,32,36)/t17-,18+,19-,20+,21-,22-. The van der Waals surface area contributed by atoms with Crippen LogP contribution in [0, 0.1) is 11.8 Å². The minimum absolute atomic E-state index is 0.132. The Morgan fingerprint density at radius 2 is 1.50 bits per heavy atom. The molecule has 2 aromatic heterocycles. The van der Waals surface area contributed by atoms with Gasteiger partial charge in [0.05, 0.1) is 11.0 Å². The summed E-state index contributed by atoms with van der Waals surface area (Å²) in [5.41, 5.74) is 1.28. The van der Waals surface area contributed by atoms with Crippen molar-refractivity contribution in [3.63, 3.8) is 0 Å². The highest BCUT2D eigenvalue weighted by Gasteiger charge is 2.45. The maximum atomic E-state index is 13.9. The molecule has 4 aliphatic rings. The van der Waals surface area contributed by atoms with Gasteiger partial charge in [-0.1, -0.05) is 44.2 Å². The van der Waals surface area contributed by atoms with Gasteiger partial charge in [-0.25, -0.2) is 14.9 Å². The van der Waals surface area contributed by atoms with Gasteiger partial charge in [-0.2, -0.15) is 5.10 Å². The smallest absolute Gasteiger partial charge is 0.302 e. The summed E-state index contributed by atoms with van der Waals surface area (Å²) in [6, 6.07) is 9.82. The lowest BCUT2D eigenvalue weighted by molar-refractivity contribution is -0.0420. The average Bonchev–Trinajstić information content (AvgIpc) is 3.23. The number of para-hydroxylation sites is 2. The topological polar surface area (TPSA) is 99.7 Å². The van der Waals surface area contributed by atoms with Crippen LogP contribution in [0.25, 0.3) is 22.6 Å². The van der Waals surface area contributed by atoms with Crippen molar-refractivity contribution in [2.45, 2.75) is 101 Å². The Labute approximate surface area is 210 Å². The van der Waals surface area contributed by atoms with Gasteiger partial charge in [0.1, 0.15) is 0 Å². The zero-order valence-electron chi connectivity index (χ0n) is 20.9. The van der Waals surface area contributed by atoms with Crippen molar-refractivity contribution in [1.29, 1.82) is 0 Å². The van der Waals surface area contributed by atoms with E-state index in [2.05, 4.69) is 25.1 Å². The maximum Gasteiger partial charge on any atom is 0.340 e. The number of aromatic nitrogens is 5. The molecule has 2 aliphatic heterocycles. The molecule has 0 unspecified atom stereocenters. The fourth-order valence-corrected chi connectivity index (χ4v) is 8.36. The van der Waals surface area contributed by atoms with Crippen LogP contribution >= 0.6 is 0 Å². The molecule has 4 bridgehead atoms. The monoisotopic (exact) mass is 488 g/mol. The third-order valence-corrected chi connectivity index (χ3v) is 9.67. The first-order valence-corrected chi connectivity index (χ1v) is 14.1. The number of H-pyrrole nitrogens is 2. The Balaban J connectivity index is 1.25. The third-order valence-electron chi connectivity index (χ3n) is 9.67. The molecule has 2 saturated carbocycles. The van der Waals surface area contributed by atoms with Gasteiger partial charge in [0.2, 0.25) is 0 Å². The predicted molar refractivity (Wildman–Crippen MR) is 139 cm³/mol. The summed E-state index contributed by atoms with van der Waals surface area (Å²) >= 11 is 0. The molecule has 1 aromatic carbocycles. The minimum Gasteiger partial charge on any atom is -0.302 e. The number of nitrogens with zero attached hydrogens (tertiary/aromatic N) is 4. The van der Waals surface area contributed by atoms with E-state index >= 15 is 0 Å². The van der Waals surface area contributed by atoms with Gasteiger partial charge in [0, 0.05) is 24.2 Å². The molecule has 8 heteroatoms. The third kappa shape index (κ3) is 3.85. The second-order valence-electron chi connectivity index (χ2n) is 11.8.